The zero-order chi connectivity index (χ0) is 10.9. The van der Waals surface area contributed by atoms with Gasteiger partial charge < -0.3 is 11.5 Å². The van der Waals surface area contributed by atoms with Crippen LogP contribution in [-0.4, -0.2) is 11.8 Å². The highest BCUT2D eigenvalue weighted by Crippen LogP contribution is 2.32. The molecule has 0 spiro atoms. The topological polar surface area (TPSA) is 76.8 Å². The summed E-state index contributed by atoms with van der Waals surface area (Å²) in [6.07, 6.45) is 0.757. The normalized spacial score (nSPS) is 24.9. The van der Waals surface area contributed by atoms with E-state index in [2.05, 4.69) is 9.98 Å². The van der Waals surface area contributed by atoms with Crippen molar-refractivity contribution < 1.29 is 0 Å². The van der Waals surface area contributed by atoms with Gasteiger partial charge in [0, 0.05) is 0 Å². The standard InChI is InChI=1S/C11H14N4/c1-2-11(8-6-4-3-5-7-8)9(12)14-10(13)15-11/h3-7H,2H2,1H3,(H4,12,13,14,15). The molecule has 0 saturated heterocycles. The van der Waals surface area contributed by atoms with E-state index in [-0.39, 0.29) is 5.96 Å². The van der Waals surface area contributed by atoms with Crippen molar-refractivity contribution in [3.8, 4) is 0 Å². The molecule has 0 radical (unpaired) electrons. The molecule has 1 aliphatic rings. The lowest BCUT2D eigenvalue weighted by Gasteiger charge is -2.24. The predicted molar refractivity (Wildman–Crippen MR) is 61.7 cm³/mol. The van der Waals surface area contributed by atoms with Crippen molar-refractivity contribution in [3.05, 3.63) is 35.9 Å². The minimum Gasteiger partial charge on any atom is -0.385 e. The van der Waals surface area contributed by atoms with Crippen molar-refractivity contribution in [1.82, 2.24) is 0 Å². The molecule has 0 fully saturated rings. The number of aliphatic imine (C=N–C) groups is 2. The van der Waals surface area contributed by atoms with Crippen molar-refractivity contribution in [2.45, 2.75) is 18.9 Å². The molecular weight excluding hydrogens is 188 g/mol. The summed E-state index contributed by atoms with van der Waals surface area (Å²) in [4.78, 5) is 8.37. The molecule has 2 rings (SSSR count). The Hall–Kier alpha value is -1.84. The first-order chi connectivity index (χ1) is 7.19. The molecule has 0 bridgehead atoms. The van der Waals surface area contributed by atoms with Gasteiger partial charge in [-0.2, -0.15) is 4.99 Å². The van der Waals surface area contributed by atoms with Crippen LogP contribution < -0.4 is 11.5 Å². The largest absolute Gasteiger partial charge is 0.385 e. The van der Waals surface area contributed by atoms with E-state index in [1.807, 2.05) is 37.3 Å². The molecule has 0 aromatic heterocycles. The van der Waals surface area contributed by atoms with Crippen LogP contribution >= 0.6 is 0 Å². The fourth-order valence-corrected chi connectivity index (χ4v) is 1.88. The lowest BCUT2D eigenvalue weighted by molar-refractivity contribution is 0.589. The molecule has 1 aromatic rings. The second kappa shape index (κ2) is 3.38. The lowest BCUT2D eigenvalue weighted by atomic mass is 9.87. The van der Waals surface area contributed by atoms with Gasteiger partial charge in [-0.1, -0.05) is 37.3 Å². The highest BCUT2D eigenvalue weighted by molar-refractivity contribution is 6.05. The first-order valence-electron chi connectivity index (χ1n) is 4.94. The Labute approximate surface area is 88.7 Å². The molecule has 1 aliphatic heterocycles. The molecule has 0 amide bonds. The van der Waals surface area contributed by atoms with Gasteiger partial charge in [-0.15, -0.1) is 0 Å². The summed E-state index contributed by atoms with van der Waals surface area (Å²) in [5, 5.41) is 0. The van der Waals surface area contributed by atoms with Gasteiger partial charge in [0.1, 0.15) is 11.4 Å². The smallest absolute Gasteiger partial charge is 0.218 e. The van der Waals surface area contributed by atoms with Crippen LogP contribution in [0.5, 0.6) is 0 Å². The lowest BCUT2D eigenvalue weighted by Crippen LogP contribution is -2.36. The van der Waals surface area contributed by atoms with Gasteiger partial charge in [-0.3, -0.25) is 0 Å². The van der Waals surface area contributed by atoms with Crippen LogP contribution in [0.25, 0.3) is 0 Å². The summed E-state index contributed by atoms with van der Waals surface area (Å²) >= 11 is 0. The number of hydrogen-bond acceptors (Lipinski definition) is 4. The van der Waals surface area contributed by atoms with E-state index < -0.39 is 5.54 Å². The third-order valence-electron chi connectivity index (χ3n) is 2.73. The first kappa shape index (κ1) is 9.71. The van der Waals surface area contributed by atoms with E-state index in [9.17, 15) is 0 Å². The summed E-state index contributed by atoms with van der Waals surface area (Å²) in [6.45, 7) is 2.03. The number of amidine groups is 1. The van der Waals surface area contributed by atoms with Gasteiger partial charge in [0.05, 0.1) is 0 Å². The van der Waals surface area contributed by atoms with Crippen LogP contribution in [0.3, 0.4) is 0 Å². The summed E-state index contributed by atoms with van der Waals surface area (Å²) in [5.74, 6) is 0.743. The van der Waals surface area contributed by atoms with Gasteiger partial charge in [0.25, 0.3) is 0 Å². The van der Waals surface area contributed by atoms with E-state index in [0.717, 1.165) is 12.0 Å². The highest BCUT2D eigenvalue weighted by atomic mass is 15.2. The van der Waals surface area contributed by atoms with Crippen LogP contribution in [0, 0.1) is 0 Å². The van der Waals surface area contributed by atoms with Crippen LogP contribution in [-0.2, 0) is 5.54 Å². The first-order valence-corrected chi connectivity index (χ1v) is 4.94. The Morgan fingerprint density at radius 2 is 1.87 bits per heavy atom. The predicted octanol–water partition coefficient (Wildman–Crippen LogP) is 0.977. The van der Waals surface area contributed by atoms with Gasteiger partial charge >= 0.3 is 0 Å². The molecular formula is C11H14N4. The average Bonchev–Trinajstić information content (AvgIpc) is 2.56. The summed E-state index contributed by atoms with van der Waals surface area (Å²) in [6, 6.07) is 9.87. The number of rotatable bonds is 2. The second-order valence-corrected chi connectivity index (χ2v) is 3.55. The third-order valence-corrected chi connectivity index (χ3v) is 2.73. The Balaban J connectivity index is 2.54. The molecule has 1 unspecified atom stereocenters. The van der Waals surface area contributed by atoms with Crippen LogP contribution in [0.1, 0.15) is 18.9 Å². The van der Waals surface area contributed by atoms with E-state index >= 15 is 0 Å². The Bertz CT molecular complexity index is 421. The number of guanidine groups is 1. The van der Waals surface area contributed by atoms with Crippen molar-refractivity contribution in [2.75, 3.05) is 0 Å². The van der Waals surface area contributed by atoms with Gasteiger partial charge in [-0.05, 0) is 12.0 Å². The number of hydrogen-bond donors (Lipinski definition) is 2. The zero-order valence-electron chi connectivity index (χ0n) is 8.64. The van der Waals surface area contributed by atoms with E-state index in [1.165, 1.54) is 0 Å². The van der Waals surface area contributed by atoms with Crippen molar-refractivity contribution in [2.24, 2.45) is 21.5 Å². The zero-order valence-corrected chi connectivity index (χ0v) is 8.64. The Morgan fingerprint density at radius 3 is 2.33 bits per heavy atom. The van der Waals surface area contributed by atoms with E-state index in [0.29, 0.717) is 5.84 Å². The van der Waals surface area contributed by atoms with Gasteiger partial charge in [-0.25, -0.2) is 4.99 Å². The molecule has 15 heavy (non-hydrogen) atoms. The molecule has 1 aromatic carbocycles. The van der Waals surface area contributed by atoms with Crippen LogP contribution in [0.2, 0.25) is 0 Å². The maximum atomic E-state index is 5.90. The quantitative estimate of drug-likeness (QED) is 0.749. The highest BCUT2D eigenvalue weighted by Gasteiger charge is 2.38. The van der Waals surface area contributed by atoms with Crippen molar-refractivity contribution in [3.63, 3.8) is 0 Å². The molecule has 0 aliphatic carbocycles. The van der Waals surface area contributed by atoms with E-state index in [1.54, 1.807) is 0 Å². The molecule has 1 heterocycles. The molecule has 4 nitrogen and oxygen atoms in total. The van der Waals surface area contributed by atoms with E-state index in [4.69, 9.17) is 11.5 Å². The fraction of sp³-hybridized carbons (Fsp3) is 0.273. The number of nitrogens with zero attached hydrogens (tertiary/aromatic N) is 2. The Morgan fingerprint density at radius 1 is 1.20 bits per heavy atom. The molecule has 78 valence electrons. The maximum absolute atomic E-state index is 5.90. The minimum atomic E-state index is -0.550. The van der Waals surface area contributed by atoms with Crippen molar-refractivity contribution in [1.29, 1.82) is 0 Å². The number of benzene rings is 1. The molecule has 1 atom stereocenters. The summed E-state index contributed by atoms with van der Waals surface area (Å²) in [5.41, 5.74) is 12.0. The fourth-order valence-electron chi connectivity index (χ4n) is 1.88. The maximum Gasteiger partial charge on any atom is 0.218 e. The second-order valence-electron chi connectivity index (χ2n) is 3.55. The van der Waals surface area contributed by atoms with Crippen LogP contribution in [0.4, 0.5) is 0 Å². The average molecular weight is 202 g/mol. The molecule has 4 heteroatoms. The van der Waals surface area contributed by atoms with Gasteiger partial charge in [0.2, 0.25) is 5.96 Å². The number of nitrogens with two attached hydrogens (primary N) is 2. The minimum absolute atomic E-state index is 0.262. The SMILES string of the molecule is CCC1(c2ccccc2)N=C(N)N=C1N. The summed E-state index contributed by atoms with van der Waals surface area (Å²) < 4.78 is 0. The van der Waals surface area contributed by atoms with Gasteiger partial charge in [0.15, 0.2) is 0 Å². The third kappa shape index (κ3) is 1.38. The monoisotopic (exact) mass is 202 g/mol. The summed E-state index contributed by atoms with van der Waals surface area (Å²) in [7, 11) is 0. The van der Waals surface area contributed by atoms with Crippen molar-refractivity contribution >= 4 is 11.8 Å². The Kier molecular flexibility index (Phi) is 2.19. The molecule has 4 N–H and O–H groups in total. The van der Waals surface area contributed by atoms with Crippen LogP contribution in [0.15, 0.2) is 40.3 Å². The molecule has 0 saturated carbocycles.